The van der Waals surface area contributed by atoms with Crippen LogP contribution in [0.4, 0.5) is 0 Å². The van der Waals surface area contributed by atoms with Gasteiger partial charge in [-0.05, 0) is 45.1 Å². The number of fused-ring (bicyclic) bond motifs is 1. The molecule has 1 saturated heterocycles. The highest BCUT2D eigenvalue weighted by molar-refractivity contribution is 5.09. The molecule has 0 amide bonds. The second kappa shape index (κ2) is 4.03. The minimum absolute atomic E-state index is 0.292. The van der Waals surface area contributed by atoms with Crippen molar-refractivity contribution in [2.45, 2.75) is 62.6 Å². The van der Waals surface area contributed by atoms with Gasteiger partial charge in [0.05, 0.1) is 6.54 Å². The molecule has 0 aromatic carbocycles. The molecule has 2 heterocycles. The van der Waals surface area contributed by atoms with E-state index in [2.05, 4.69) is 20.8 Å². The molecule has 0 spiro atoms. The summed E-state index contributed by atoms with van der Waals surface area (Å²) < 4.78 is 5.30. The largest absolute Gasteiger partial charge is 0.339 e. The van der Waals surface area contributed by atoms with Gasteiger partial charge in [-0.1, -0.05) is 5.16 Å². The molecular formula is C13H20N4O. The van der Waals surface area contributed by atoms with Crippen LogP contribution in [0.3, 0.4) is 0 Å². The van der Waals surface area contributed by atoms with Crippen molar-refractivity contribution in [2.75, 3.05) is 6.54 Å². The fraction of sp³-hybridized carbons (Fsp3) is 0.846. The summed E-state index contributed by atoms with van der Waals surface area (Å²) >= 11 is 0. The van der Waals surface area contributed by atoms with E-state index in [0.29, 0.717) is 17.5 Å². The van der Waals surface area contributed by atoms with Gasteiger partial charge in [0, 0.05) is 17.5 Å². The van der Waals surface area contributed by atoms with Gasteiger partial charge < -0.3 is 15.2 Å². The Hall–Kier alpha value is -0.940. The van der Waals surface area contributed by atoms with Gasteiger partial charge in [0.25, 0.3) is 0 Å². The minimum Gasteiger partial charge on any atom is -0.339 e. The van der Waals surface area contributed by atoms with Crippen molar-refractivity contribution in [1.82, 2.24) is 20.8 Å². The van der Waals surface area contributed by atoms with Crippen molar-refractivity contribution in [3.63, 3.8) is 0 Å². The van der Waals surface area contributed by atoms with E-state index in [-0.39, 0.29) is 0 Å². The summed E-state index contributed by atoms with van der Waals surface area (Å²) in [5, 5.41) is 11.4. The summed E-state index contributed by atoms with van der Waals surface area (Å²) in [6, 6.07) is 0.646. The van der Waals surface area contributed by atoms with Crippen LogP contribution in [0.25, 0.3) is 0 Å². The molecule has 2 N–H and O–H groups in total. The van der Waals surface area contributed by atoms with Crippen molar-refractivity contribution in [3.05, 3.63) is 11.7 Å². The Bertz CT molecular complexity index is 430. The van der Waals surface area contributed by atoms with Crippen molar-refractivity contribution in [1.29, 1.82) is 0 Å². The fourth-order valence-electron chi connectivity index (χ4n) is 3.53. The first kappa shape index (κ1) is 10.9. The van der Waals surface area contributed by atoms with E-state index in [9.17, 15) is 0 Å². The average molecular weight is 248 g/mol. The lowest BCUT2D eigenvalue weighted by Gasteiger charge is -2.29. The zero-order chi connectivity index (χ0) is 12.0. The van der Waals surface area contributed by atoms with Gasteiger partial charge in [-0.3, -0.25) is 0 Å². The van der Waals surface area contributed by atoms with E-state index in [4.69, 9.17) is 4.52 Å². The molecule has 98 valence electrons. The summed E-state index contributed by atoms with van der Waals surface area (Å²) in [6.07, 6.45) is 7.55. The number of aromatic nitrogens is 2. The van der Waals surface area contributed by atoms with Gasteiger partial charge in [-0.15, -0.1) is 0 Å². The molecule has 3 fully saturated rings. The maximum absolute atomic E-state index is 5.30. The van der Waals surface area contributed by atoms with Crippen LogP contribution in [-0.2, 0) is 6.54 Å². The first-order valence-electron chi connectivity index (χ1n) is 7.17. The number of rotatable bonds is 4. The predicted octanol–water partition coefficient (Wildman–Crippen LogP) is 1.32. The zero-order valence-electron chi connectivity index (χ0n) is 10.6. The molecule has 1 aromatic heterocycles. The zero-order valence-corrected chi connectivity index (χ0v) is 10.6. The third kappa shape index (κ3) is 1.77. The Balaban J connectivity index is 1.42. The van der Waals surface area contributed by atoms with Crippen molar-refractivity contribution in [3.8, 4) is 0 Å². The number of nitrogens with zero attached hydrogens (tertiary/aromatic N) is 2. The van der Waals surface area contributed by atoms with Crippen molar-refractivity contribution < 1.29 is 4.52 Å². The minimum atomic E-state index is 0.292. The van der Waals surface area contributed by atoms with Crippen LogP contribution in [0.5, 0.6) is 0 Å². The highest BCUT2D eigenvalue weighted by Crippen LogP contribution is 2.39. The smallest absolute Gasteiger partial charge is 0.229 e. The molecule has 4 rings (SSSR count). The van der Waals surface area contributed by atoms with E-state index in [0.717, 1.165) is 24.8 Å². The number of hydrogen-bond acceptors (Lipinski definition) is 5. The average Bonchev–Trinajstić information content (AvgIpc) is 2.84. The highest BCUT2D eigenvalue weighted by Gasteiger charge is 2.45. The molecule has 2 aliphatic carbocycles. The van der Waals surface area contributed by atoms with E-state index < -0.39 is 0 Å². The molecule has 2 saturated carbocycles. The quantitative estimate of drug-likeness (QED) is 0.841. The topological polar surface area (TPSA) is 63.0 Å². The van der Waals surface area contributed by atoms with Crippen molar-refractivity contribution >= 4 is 0 Å². The van der Waals surface area contributed by atoms with Gasteiger partial charge in [-0.2, -0.15) is 4.98 Å². The molecule has 1 aromatic rings. The van der Waals surface area contributed by atoms with Crippen molar-refractivity contribution in [2.24, 2.45) is 0 Å². The van der Waals surface area contributed by atoms with Crippen LogP contribution in [-0.4, -0.2) is 28.3 Å². The molecule has 2 atom stereocenters. The third-order valence-corrected chi connectivity index (χ3v) is 4.75. The summed E-state index contributed by atoms with van der Waals surface area (Å²) in [4.78, 5) is 4.48. The Morgan fingerprint density at radius 3 is 3.17 bits per heavy atom. The normalized spacial score (nSPS) is 35.0. The lowest BCUT2D eigenvalue weighted by atomic mass is 9.93. The van der Waals surface area contributed by atoms with Gasteiger partial charge >= 0.3 is 0 Å². The van der Waals surface area contributed by atoms with Crippen LogP contribution in [0.2, 0.25) is 0 Å². The molecule has 5 nitrogen and oxygen atoms in total. The third-order valence-electron chi connectivity index (χ3n) is 4.75. The van der Waals surface area contributed by atoms with Gasteiger partial charge in [0.2, 0.25) is 5.89 Å². The monoisotopic (exact) mass is 248 g/mol. The maximum atomic E-state index is 5.30. The maximum Gasteiger partial charge on any atom is 0.229 e. The highest BCUT2D eigenvalue weighted by atomic mass is 16.5. The lowest BCUT2D eigenvalue weighted by molar-refractivity contribution is 0.310. The van der Waals surface area contributed by atoms with Crippen LogP contribution in [0.1, 0.15) is 56.2 Å². The second-order valence-corrected chi connectivity index (χ2v) is 5.98. The van der Waals surface area contributed by atoms with Crippen LogP contribution >= 0.6 is 0 Å². The summed E-state index contributed by atoms with van der Waals surface area (Å²) in [5.74, 6) is 2.22. The predicted molar refractivity (Wildman–Crippen MR) is 66.1 cm³/mol. The SMILES string of the molecule is C1CC2NCCC2(NCc2noc(C3CC3)n2)C1. The molecular weight excluding hydrogens is 228 g/mol. The first-order valence-corrected chi connectivity index (χ1v) is 7.17. The van der Waals surface area contributed by atoms with E-state index >= 15 is 0 Å². The number of hydrogen-bond donors (Lipinski definition) is 2. The second-order valence-electron chi connectivity index (χ2n) is 5.98. The first-order chi connectivity index (χ1) is 8.86. The Morgan fingerprint density at radius 1 is 1.33 bits per heavy atom. The molecule has 5 heteroatoms. The lowest BCUT2D eigenvalue weighted by Crippen LogP contribution is -2.49. The van der Waals surface area contributed by atoms with Gasteiger partial charge in [0.1, 0.15) is 0 Å². The standard InChI is InChI=1S/C13H20N4O/c1-2-10-13(5-1,6-7-14-10)15-8-11-16-12(18-17-11)9-3-4-9/h9-10,14-15H,1-8H2. The summed E-state index contributed by atoms with van der Waals surface area (Å²) in [7, 11) is 0. The number of nitrogens with one attached hydrogen (secondary N) is 2. The van der Waals surface area contributed by atoms with E-state index in [1.165, 1.54) is 38.5 Å². The molecule has 2 unspecified atom stereocenters. The van der Waals surface area contributed by atoms with Crippen LogP contribution < -0.4 is 10.6 Å². The molecule has 0 bridgehead atoms. The fourth-order valence-corrected chi connectivity index (χ4v) is 3.53. The molecule has 3 aliphatic rings. The molecule has 0 radical (unpaired) electrons. The Kier molecular flexibility index (Phi) is 2.45. The molecule has 18 heavy (non-hydrogen) atoms. The van der Waals surface area contributed by atoms with E-state index in [1.54, 1.807) is 0 Å². The van der Waals surface area contributed by atoms with Crippen LogP contribution in [0.15, 0.2) is 4.52 Å². The summed E-state index contributed by atoms with van der Waals surface area (Å²) in [6.45, 7) is 1.88. The van der Waals surface area contributed by atoms with Gasteiger partial charge in [0.15, 0.2) is 5.82 Å². The van der Waals surface area contributed by atoms with Crippen LogP contribution in [0, 0.1) is 0 Å². The van der Waals surface area contributed by atoms with E-state index in [1.807, 2.05) is 0 Å². The molecule has 1 aliphatic heterocycles. The Morgan fingerprint density at radius 2 is 2.28 bits per heavy atom. The Labute approximate surface area is 107 Å². The van der Waals surface area contributed by atoms with Gasteiger partial charge in [-0.25, -0.2) is 0 Å². The summed E-state index contributed by atoms with van der Waals surface area (Å²) in [5.41, 5.74) is 0.292.